The Bertz CT molecular complexity index is 830. The van der Waals surface area contributed by atoms with E-state index in [0.29, 0.717) is 24.2 Å². The number of hydrogen-bond donors (Lipinski definition) is 2. The summed E-state index contributed by atoms with van der Waals surface area (Å²) in [5.41, 5.74) is 1.24. The zero-order chi connectivity index (χ0) is 18.6. The maximum Gasteiger partial charge on any atom is 0.257 e. The zero-order valence-corrected chi connectivity index (χ0v) is 14.3. The van der Waals surface area contributed by atoms with Crippen LogP contribution in [0.3, 0.4) is 0 Å². The Labute approximate surface area is 149 Å². The maximum atomic E-state index is 12.7. The van der Waals surface area contributed by atoms with Gasteiger partial charge in [-0.3, -0.25) is 24.6 Å². The van der Waals surface area contributed by atoms with Gasteiger partial charge >= 0.3 is 0 Å². The lowest BCUT2D eigenvalue weighted by Crippen LogP contribution is -2.55. The van der Waals surface area contributed by atoms with E-state index in [9.17, 15) is 24.3 Å². The van der Waals surface area contributed by atoms with Crippen molar-refractivity contribution in [1.29, 1.82) is 0 Å². The van der Waals surface area contributed by atoms with E-state index in [1.165, 1.54) is 0 Å². The first-order valence-electron chi connectivity index (χ1n) is 8.53. The van der Waals surface area contributed by atoms with Crippen molar-refractivity contribution in [1.82, 2.24) is 10.2 Å². The number of benzene rings is 1. The summed E-state index contributed by atoms with van der Waals surface area (Å²) in [5.74, 6) is -1.36. The van der Waals surface area contributed by atoms with Gasteiger partial charge in [-0.25, -0.2) is 0 Å². The molecule has 1 aromatic carbocycles. The van der Waals surface area contributed by atoms with Gasteiger partial charge in [-0.1, -0.05) is 0 Å². The highest BCUT2D eigenvalue weighted by Crippen LogP contribution is 2.39. The van der Waals surface area contributed by atoms with Gasteiger partial charge in [0.05, 0.1) is 5.41 Å². The van der Waals surface area contributed by atoms with Gasteiger partial charge in [0.15, 0.2) is 6.23 Å². The molecule has 2 N–H and O–H groups in total. The molecule has 2 unspecified atom stereocenters. The van der Waals surface area contributed by atoms with Crippen LogP contribution in [0.2, 0.25) is 0 Å². The number of carbonyl (C=O) groups excluding carboxylic acids is 4. The molecular formula is C18H19N3O5. The molecule has 2 fully saturated rings. The summed E-state index contributed by atoms with van der Waals surface area (Å²) in [6, 6.07) is 4.28. The lowest BCUT2D eigenvalue weighted by atomic mass is 9.83. The first-order chi connectivity index (χ1) is 12.3. The number of hydrogen-bond acceptors (Lipinski definition) is 6. The number of anilines is 1. The fourth-order valence-corrected chi connectivity index (χ4v) is 3.90. The van der Waals surface area contributed by atoms with Crippen molar-refractivity contribution in [3.8, 4) is 0 Å². The Morgan fingerprint density at radius 3 is 2.65 bits per heavy atom. The third-order valence-corrected chi connectivity index (χ3v) is 5.34. The molecule has 0 saturated carbocycles. The molecule has 3 amide bonds. The number of piperidine rings is 1. The van der Waals surface area contributed by atoms with Gasteiger partial charge in [0.1, 0.15) is 12.3 Å². The largest absolute Gasteiger partial charge is 0.369 e. The Balaban J connectivity index is 1.59. The fraction of sp³-hybridized carbons (Fsp3) is 0.444. The second-order valence-corrected chi connectivity index (χ2v) is 7.45. The Morgan fingerprint density at radius 1 is 1.27 bits per heavy atom. The fourth-order valence-electron chi connectivity index (χ4n) is 3.90. The average Bonchev–Trinajstić information content (AvgIpc) is 2.83. The number of carbonyl (C=O) groups is 4. The van der Waals surface area contributed by atoms with Crippen molar-refractivity contribution in [2.75, 3.05) is 18.0 Å². The van der Waals surface area contributed by atoms with Crippen molar-refractivity contribution in [2.24, 2.45) is 5.41 Å². The summed E-state index contributed by atoms with van der Waals surface area (Å²) in [4.78, 5) is 50.3. The van der Waals surface area contributed by atoms with Gasteiger partial charge in [-0.05, 0) is 31.5 Å². The number of fused-ring (bicyclic) bond motifs is 1. The number of nitrogens with one attached hydrogen (secondary N) is 1. The lowest BCUT2D eigenvalue weighted by molar-refractivity contribution is -0.139. The van der Waals surface area contributed by atoms with Gasteiger partial charge in [-0.2, -0.15) is 0 Å². The van der Waals surface area contributed by atoms with Crippen molar-refractivity contribution in [3.63, 3.8) is 0 Å². The van der Waals surface area contributed by atoms with Crippen LogP contribution in [0, 0.1) is 5.41 Å². The summed E-state index contributed by atoms with van der Waals surface area (Å²) in [7, 11) is 0. The summed E-state index contributed by atoms with van der Waals surface area (Å²) >= 11 is 0. The molecule has 8 heteroatoms. The second-order valence-electron chi connectivity index (χ2n) is 7.45. The average molecular weight is 357 g/mol. The van der Waals surface area contributed by atoms with Crippen LogP contribution in [0.25, 0.3) is 0 Å². The molecule has 0 spiro atoms. The molecule has 2 saturated heterocycles. The van der Waals surface area contributed by atoms with E-state index in [0.717, 1.165) is 16.9 Å². The van der Waals surface area contributed by atoms with Crippen LogP contribution in [0.15, 0.2) is 18.2 Å². The van der Waals surface area contributed by atoms with Crippen LogP contribution in [-0.2, 0) is 14.4 Å². The van der Waals surface area contributed by atoms with Crippen LogP contribution in [0.4, 0.5) is 5.69 Å². The quantitative estimate of drug-likeness (QED) is 0.581. The summed E-state index contributed by atoms with van der Waals surface area (Å²) in [6.45, 7) is 3.04. The molecule has 26 heavy (non-hydrogen) atoms. The number of aliphatic hydroxyl groups excluding tert-OH is 1. The number of imide groups is 1. The summed E-state index contributed by atoms with van der Waals surface area (Å²) in [5, 5.41) is 12.9. The summed E-state index contributed by atoms with van der Waals surface area (Å²) in [6.07, 6.45) is 0.0325. The Kier molecular flexibility index (Phi) is 3.62. The highest BCUT2D eigenvalue weighted by molar-refractivity contribution is 6.05. The predicted octanol–water partition coefficient (Wildman–Crippen LogP) is -0.0363. The van der Waals surface area contributed by atoms with Gasteiger partial charge in [-0.15, -0.1) is 0 Å². The van der Waals surface area contributed by atoms with Crippen LogP contribution in [0.5, 0.6) is 0 Å². The number of nitrogens with zero attached hydrogens (tertiary/aromatic N) is 2. The third-order valence-electron chi connectivity index (χ3n) is 5.34. The minimum Gasteiger partial charge on any atom is -0.369 e. The van der Waals surface area contributed by atoms with Gasteiger partial charge in [0.2, 0.25) is 11.8 Å². The van der Waals surface area contributed by atoms with E-state index in [1.807, 2.05) is 11.8 Å². The molecule has 0 aliphatic carbocycles. The van der Waals surface area contributed by atoms with Crippen molar-refractivity contribution in [2.45, 2.75) is 32.0 Å². The smallest absolute Gasteiger partial charge is 0.257 e. The van der Waals surface area contributed by atoms with Gasteiger partial charge in [0.25, 0.3) is 5.91 Å². The van der Waals surface area contributed by atoms with Crippen molar-refractivity contribution >= 4 is 29.7 Å². The molecule has 4 rings (SSSR count). The van der Waals surface area contributed by atoms with Crippen LogP contribution in [0.1, 0.15) is 41.9 Å². The maximum absolute atomic E-state index is 12.7. The SMILES string of the molecule is CC1(C=O)CN(c2ccc3c(c2)C(O)N(C2CCC(=O)NC2=O)C3=O)C1. The van der Waals surface area contributed by atoms with Gasteiger partial charge in [0, 0.05) is 36.3 Å². The first-order valence-corrected chi connectivity index (χ1v) is 8.53. The molecule has 3 aliphatic rings. The third kappa shape index (κ3) is 2.40. The molecule has 1 aromatic rings. The molecular weight excluding hydrogens is 338 g/mol. The number of amides is 3. The van der Waals surface area contributed by atoms with Gasteiger partial charge < -0.3 is 14.8 Å². The Hall–Kier alpha value is -2.74. The molecule has 2 atom stereocenters. The van der Waals surface area contributed by atoms with E-state index in [1.54, 1.807) is 18.2 Å². The lowest BCUT2D eigenvalue weighted by Gasteiger charge is -2.46. The minimum absolute atomic E-state index is 0.132. The molecule has 3 heterocycles. The monoisotopic (exact) mass is 357 g/mol. The first kappa shape index (κ1) is 16.7. The van der Waals surface area contributed by atoms with Crippen LogP contribution < -0.4 is 10.2 Å². The van der Waals surface area contributed by atoms with E-state index in [-0.39, 0.29) is 24.2 Å². The number of rotatable bonds is 3. The number of aliphatic hydroxyl groups is 1. The molecule has 0 radical (unpaired) electrons. The molecule has 3 aliphatic heterocycles. The normalized spacial score (nSPS) is 27.1. The highest BCUT2D eigenvalue weighted by atomic mass is 16.3. The van der Waals surface area contributed by atoms with E-state index < -0.39 is 24.1 Å². The predicted molar refractivity (Wildman–Crippen MR) is 90.1 cm³/mol. The topological polar surface area (TPSA) is 107 Å². The second kappa shape index (κ2) is 5.63. The van der Waals surface area contributed by atoms with E-state index in [4.69, 9.17) is 0 Å². The van der Waals surface area contributed by atoms with E-state index in [2.05, 4.69) is 5.32 Å². The molecule has 0 bridgehead atoms. The minimum atomic E-state index is -1.24. The number of aldehydes is 1. The Morgan fingerprint density at radius 2 is 2.00 bits per heavy atom. The standard InChI is InChI=1S/C18H19N3O5/c1-18(9-22)7-20(8-18)10-2-3-11-12(6-10)17(26)21(16(11)25)13-4-5-14(23)19-15(13)24/h2-3,6,9,13,17,26H,4-5,7-8H2,1H3,(H,19,23,24). The zero-order valence-electron chi connectivity index (χ0n) is 14.3. The molecule has 8 nitrogen and oxygen atoms in total. The summed E-state index contributed by atoms with van der Waals surface area (Å²) < 4.78 is 0. The van der Waals surface area contributed by atoms with Crippen molar-refractivity contribution < 1.29 is 24.3 Å². The highest BCUT2D eigenvalue weighted by Gasteiger charge is 2.45. The molecule has 136 valence electrons. The molecule has 0 aromatic heterocycles. The van der Waals surface area contributed by atoms with Crippen LogP contribution >= 0.6 is 0 Å². The van der Waals surface area contributed by atoms with E-state index >= 15 is 0 Å². The van der Waals surface area contributed by atoms with Crippen molar-refractivity contribution in [3.05, 3.63) is 29.3 Å². The van der Waals surface area contributed by atoms with Crippen LogP contribution in [-0.4, -0.2) is 53.1 Å².